The summed E-state index contributed by atoms with van der Waals surface area (Å²) in [6.45, 7) is 0. The van der Waals surface area contributed by atoms with Gasteiger partial charge in [0.1, 0.15) is 17.5 Å². The van der Waals surface area contributed by atoms with Crippen LogP contribution >= 0.6 is 0 Å². The van der Waals surface area contributed by atoms with Crippen LogP contribution in [0.5, 0.6) is 11.5 Å². The van der Waals surface area contributed by atoms with Gasteiger partial charge in [-0.2, -0.15) is 0 Å². The van der Waals surface area contributed by atoms with Gasteiger partial charge in [-0.25, -0.2) is 8.78 Å². The second-order valence-electron chi connectivity index (χ2n) is 5.97. The summed E-state index contributed by atoms with van der Waals surface area (Å²) in [6.07, 6.45) is 0.394. The number of carbonyl (C=O) groups is 2. The van der Waals surface area contributed by atoms with Crippen LogP contribution in [0.25, 0.3) is 0 Å². The van der Waals surface area contributed by atoms with E-state index in [0.29, 0.717) is 17.9 Å². The first-order chi connectivity index (χ1) is 13.4. The van der Waals surface area contributed by atoms with Crippen molar-refractivity contribution in [3.8, 4) is 11.5 Å². The van der Waals surface area contributed by atoms with E-state index in [1.165, 1.54) is 27.3 Å². The molecule has 6 nitrogen and oxygen atoms in total. The average molecular weight is 392 g/mol. The standard InChI is InChI=1S/C20H22F2N2O4/c1-23-20(26)19(13-4-7-15(21)16(22)11-13)24-18(25)9-5-12-10-14(27-2)6-8-17(12)28-3/h4,6-8,10-11,19H,5,9H2,1-3H3,(H,23,26)(H,24,25). The first-order valence-corrected chi connectivity index (χ1v) is 8.56. The van der Waals surface area contributed by atoms with Crippen molar-refractivity contribution in [2.24, 2.45) is 0 Å². The van der Waals surface area contributed by atoms with Gasteiger partial charge in [0.2, 0.25) is 11.8 Å². The maximum atomic E-state index is 13.5. The number of aryl methyl sites for hydroxylation is 1. The number of likely N-dealkylation sites (N-methyl/N-ethyl adjacent to an activating group) is 1. The first-order valence-electron chi connectivity index (χ1n) is 8.56. The first kappa shape index (κ1) is 21.1. The molecule has 0 heterocycles. The summed E-state index contributed by atoms with van der Waals surface area (Å²) < 4.78 is 37.1. The number of carbonyl (C=O) groups excluding carboxylic acids is 2. The van der Waals surface area contributed by atoms with Crippen LogP contribution in [0.1, 0.15) is 23.6 Å². The van der Waals surface area contributed by atoms with Gasteiger partial charge < -0.3 is 20.1 Å². The van der Waals surface area contributed by atoms with Crippen LogP contribution in [0.4, 0.5) is 8.78 Å². The molecule has 0 spiro atoms. The van der Waals surface area contributed by atoms with E-state index in [2.05, 4.69) is 10.6 Å². The average Bonchev–Trinajstić information content (AvgIpc) is 2.71. The summed E-state index contributed by atoms with van der Waals surface area (Å²) in [6, 6.07) is 7.16. The molecule has 8 heteroatoms. The van der Waals surface area contributed by atoms with Crippen LogP contribution in [0.3, 0.4) is 0 Å². The molecule has 0 bridgehead atoms. The topological polar surface area (TPSA) is 76.7 Å². The smallest absolute Gasteiger partial charge is 0.246 e. The van der Waals surface area contributed by atoms with Crippen LogP contribution in [0, 0.1) is 11.6 Å². The molecule has 2 amide bonds. The fraction of sp³-hybridized carbons (Fsp3) is 0.300. The number of hydrogen-bond acceptors (Lipinski definition) is 4. The van der Waals surface area contributed by atoms with Gasteiger partial charge in [-0.3, -0.25) is 9.59 Å². The van der Waals surface area contributed by atoms with E-state index in [0.717, 1.165) is 17.7 Å². The largest absolute Gasteiger partial charge is 0.497 e. The van der Waals surface area contributed by atoms with E-state index in [4.69, 9.17) is 9.47 Å². The molecule has 1 atom stereocenters. The highest BCUT2D eigenvalue weighted by molar-refractivity contribution is 5.88. The number of benzene rings is 2. The van der Waals surface area contributed by atoms with E-state index in [9.17, 15) is 18.4 Å². The molecule has 2 aromatic carbocycles. The zero-order valence-electron chi connectivity index (χ0n) is 15.8. The molecule has 0 aliphatic carbocycles. The van der Waals surface area contributed by atoms with E-state index in [1.807, 2.05) is 0 Å². The van der Waals surface area contributed by atoms with Crippen molar-refractivity contribution in [1.29, 1.82) is 0 Å². The maximum absolute atomic E-state index is 13.5. The Balaban J connectivity index is 2.12. The lowest BCUT2D eigenvalue weighted by molar-refractivity contribution is -0.128. The van der Waals surface area contributed by atoms with Gasteiger partial charge in [-0.05, 0) is 47.9 Å². The second-order valence-corrected chi connectivity index (χ2v) is 5.97. The highest BCUT2D eigenvalue weighted by Gasteiger charge is 2.23. The predicted molar refractivity (Wildman–Crippen MR) is 99.2 cm³/mol. The summed E-state index contributed by atoms with van der Waals surface area (Å²) in [5, 5.41) is 4.96. The van der Waals surface area contributed by atoms with E-state index >= 15 is 0 Å². The third-order valence-corrected chi connectivity index (χ3v) is 4.20. The Bertz CT molecular complexity index is 858. The third kappa shape index (κ3) is 5.18. The molecule has 28 heavy (non-hydrogen) atoms. The minimum absolute atomic E-state index is 0.0562. The zero-order valence-corrected chi connectivity index (χ0v) is 15.8. The molecule has 0 radical (unpaired) electrons. The zero-order chi connectivity index (χ0) is 20.7. The van der Waals surface area contributed by atoms with Gasteiger partial charge >= 0.3 is 0 Å². The second kappa shape index (κ2) is 9.68. The molecule has 2 N–H and O–H groups in total. The Morgan fingerprint density at radius 3 is 2.39 bits per heavy atom. The number of ether oxygens (including phenoxy) is 2. The highest BCUT2D eigenvalue weighted by Crippen LogP contribution is 2.25. The minimum Gasteiger partial charge on any atom is -0.497 e. The fourth-order valence-electron chi connectivity index (χ4n) is 2.70. The summed E-state index contributed by atoms with van der Waals surface area (Å²) in [5.41, 5.74) is 0.909. The predicted octanol–water partition coefficient (Wildman–Crippen LogP) is 2.52. The molecule has 150 valence electrons. The van der Waals surface area contributed by atoms with Crippen LogP contribution in [0.2, 0.25) is 0 Å². The van der Waals surface area contributed by atoms with Crippen molar-refractivity contribution in [1.82, 2.24) is 10.6 Å². The van der Waals surface area contributed by atoms with Crippen molar-refractivity contribution < 1.29 is 27.8 Å². The van der Waals surface area contributed by atoms with Gasteiger partial charge in [-0.15, -0.1) is 0 Å². The Kier molecular flexibility index (Phi) is 7.31. The molecule has 1 unspecified atom stereocenters. The number of nitrogens with one attached hydrogen (secondary N) is 2. The molecule has 0 fully saturated rings. The molecule has 0 aliphatic heterocycles. The van der Waals surface area contributed by atoms with Crippen LogP contribution in [0.15, 0.2) is 36.4 Å². The lowest BCUT2D eigenvalue weighted by Crippen LogP contribution is -2.39. The van der Waals surface area contributed by atoms with Crippen molar-refractivity contribution in [3.05, 3.63) is 59.2 Å². The highest BCUT2D eigenvalue weighted by atomic mass is 19.2. The van der Waals surface area contributed by atoms with Gasteiger partial charge in [0, 0.05) is 13.5 Å². The molecular formula is C20H22F2N2O4. The Morgan fingerprint density at radius 2 is 1.79 bits per heavy atom. The van der Waals surface area contributed by atoms with Crippen molar-refractivity contribution in [2.45, 2.75) is 18.9 Å². The lowest BCUT2D eigenvalue weighted by Gasteiger charge is -2.18. The van der Waals surface area contributed by atoms with Crippen LogP contribution in [-0.2, 0) is 16.0 Å². The molecule has 0 saturated carbocycles. The molecule has 0 aliphatic rings. The summed E-state index contributed by atoms with van der Waals surface area (Å²) >= 11 is 0. The number of amides is 2. The summed E-state index contributed by atoms with van der Waals surface area (Å²) in [7, 11) is 4.45. The molecule has 2 aromatic rings. The molecular weight excluding hydrogens is 370 g/mol. The molecule has 0 aromatic heterocycles. The van der Waals surface area contributed by atoms with Gasteiger partial charge in [-0.1, -0.05) is 6.07 Å². The lowest BCUT2D eigenvalue weighted by atomic mass is 10.0. The van der Waals surface area contributed by atoms with Crippen molar-refractivity contribution >= 4 is 11.8 Å². The maximum Gasteiger partial charge on any atom is 0.246 e. The van der Waals surface area contributed by atoms with Crippen molar-refractivity contribution in [3.63, 3.8) is 0 Å². The van der Waals surface area contributed by atoms with Crippen molar-refractivity contribution in [2.75, 3.05) is 21.3 Å². The Hall–Kier alpha value is -3.16. The normalized spacial score (nSPS) is 11.5. The van der Waals surface area contributed by atoms with E-state index in [1.54, 1.807) is 18.2 Å². The minimum atomic E-state index is -1.14. The Morgan fingerprint density at radius 1 is 1.04 bits per heavy atom. The Labute approximate surface area is 161 Å². The molecule has 0 saturated heterocycles. The third-order valence-electron chi connectivity index (χ3n) is 4.20. The number of halogens is 2. The number of rotatable bonds is 8. The summed E-state index contributed by atoms with van der Waals surface area (Å²) in [5.74, 6) is -1.86. The quantitative estimate of drug-likeness (QED) is 0.724. The number of methoxy groups -OCH3 is 2. The van der Waals surface area contributed by atoms with Crippen LogP contribution < -0.4 is 20.1 Å². The van der Waals surface area contributed by atoms with Gasteiger partial charge in [0.15, 0.2) is 11.6 Å². The monoisotopic (exact) mass is 392 g/mol. The SMILES string of the molecule is CNC(=O)C(NC(=O)CCc1cc(OC)ccc1OC)c1ccc(F)c(F)c1. The van der Waals surface area contributed by atoms with E-state index in [-0.39, 0.29) is 12.0 Å². The fourth-order valence-corrected chi connectivity index (χ4v) is 2.70. The van der Waals surface area contributed by atoms with Gasteiger partial charge in [0.05, 0.1) is 14.2 Å². The van der Waals surface area contributed by atoms with Gasteiger partial charge in [0.25, 0.3) is 0 Å². The number of hydrogen-bond donors (Lipinski definition) is 2. The van der Waals surface area contributed by atoms with Crippen LogP contribution in [-0.4, -0.2) is 33.1 Å². The summed E-state index contributed by atoms with van der Waals surface area (Å²) in [4.78, 5) is 24.5. The van der Waals surface area contributed by atoms with E-state index < -0.39 is 29.5 Å². The molecule has 2 rings (SSSR count).